The van der Waals surface area contributed by atoms with E-state index in [0.29, 0.717) is 17.2 Å². The van der Waals surface area contributed by atoms with Gasteiger partial charge in [-0.15, -0.1) is 11.6 Å². The number of thioether (sulfide) groups is 1. The summed E-state index contributed by atoms with van der Waals surface area (Å²) < 4.78 is 0. The summed E-state index contributed by atoms with van der Waals surface area (Å²) in [7, 11) is 0. The molecule has 1 nitrogen and oxygen atoms in total. The number of unbranched alkanes of at least 4 members (excludes halogenated alkanes) is 1. The molecule has 0 radical (unpaired) electrons. The fraction of sp³-hybridized carbons (Fsp3) is 0.533. The average Bonchev–Trinajstić information content (AvgIpc) is 2.78. The van der Waals surface area contributed by atoms with Crippen molar-refractivity contribution in [3.63, 3.8) is 0 Å². The molecule has 3 heteroatoms. The Morgan fingerprint density at radius 3 is 2.56 bits per heavy atom. The first kappa shape index (κ1) is 14.0. The van der Waals surface area contributed by atoms with Crippen LogP contribution in [-0.2, 0) is 6.42 Å². The molecule has 18 heavy (non-hydrogen) atoms. The Labute approximate surface area is 119 Å². The molecule has 1 aromatic rings. The highest BCUT2D eigenvalue weighted by Crippen LogP contribution is 2.31. The minimum atomic E-state index is 0.335. The first-order valence-electron chi connectivity index (χ1n) is 6.64. The van der Waals surface area contributed by atoms with Crippen LogP contribution in [0.2, 0.25) is 0 Å². The van der Waals surface area contributed by atoms with Crippen molar-refractivity contribution in [2.75, 3.05) is 5.88 Å². The highest BCUT2D eigenvalue weighted by Gasteiger charge is 2.26. The Morgan fingerprint density at radius 2 is 2.00 bits per heavy atom. The molecule has 0 fully saturated rings. The summed E-state index contributed by atoms with van der Waals surface area (Å²) in [4.78, 5) is 4.70. The summed E-state index contributed by atoms with van der Waals surface area (Å²) >= 11 is 7.76. The molecule has 0 N–H and O–H groups in total. The lowest BCUT2D eigenvalue weighted by atomic mass is 10.1. The van der Waals surface area contributed by atoms with E-state index < -0.39 is 0 Å². The molecule has 0 spiro atoms. The van der Waals surface area contributed by atoms with Gasteiger partial charge < -0.3 is 0 Å². The highest BCUT2D eigenvalue weighted by molar-refractivity contribution is 8.15. The number of hydrogen-bond donors (Lipinski definition) is 0. The Hall–Kier alpha value is -0.470. The summed E-state index contributed by atoms with van der Waals surface area (Å²) in [5.74, 6) is 0.674. The minimum Gasteiger partial charge on any atom is -0.274 e. The molecule has 2 atom stereocenters. The summed E-state index contributed by atoms with van der Waals surface area (Å²) in [5.41, 5.74) is 2.66. The van der Waals surface area contributed by atoms with Crippen LogP contribution in [0.1, 0.15) is 37.8 Å². The third-order valence-electron chi connectivity index (χ3n) is 3.29. The number of aliphatic imine (C=N–C) groups is 1. The largest absolute Gasteiger partial charge is 0.274 e. The van der Waals surface area contributed by atoms with Crippen LogP contribution in [0.4, 0.5) is 0 Å². The smallest absolute Gasteiger partial charge is 0.0984 e. The fourth-order valence-electron chi connectivity index (χ4n) is 2.04. The van der Waals surface area contributed by atoms with Crippen LogP contribution in [0, 0.1) is 0 Å². The number of benzene rings is 1. The van der Waals surface area contributed by atoms with Gasteiger partial charge in [-0.25, -0.2) is 0 Å². The lowest BCUT2D eigenvalue weighted by Gasteiger charge is -2.07. The molecule has 0 aromatic heterocycles. The van der Waals surface area contributed by atoms with Crippen LogP contribution in [0.5, 0.6) is 0 Å². The van der Waals surface area contributed by atoms with Gasteiger partial charge in [0.2, 0.25) is 0 Å². The maximum Gasteiger partial charge on any atom is 0.0984 e. The molecule has 2 unspecified atom stereocenters. The summed E-state index contributed by atoms with van der Waals surface area (Å²) in [6.07, 6.45) is 3.69. The van der Waals surface area contributed by atoms with E-state index in [1.807, 2.05) is 11.8 Å². The van der Waals surface area contributed by atoms with Gasteiger partial charge in [0.25, 0.3) is 0 Å². The van der Waals surface area contributed by atoms with Crippen LogP contribution in [0.3, 0.4) is 0 Å². The van der Waals surface area contributed by atoms with E-state index >= 15 is 0 Å². The lowest BCUT2D eigenvalue weighted by molar-refractivity contribution is 0.753. The quantitative estimate of drug-likeness (QED) is 0.723. The van der Waals surface area contributed by atoms with Gasteiger partial charge in [0, 0.05) is 16.7 Å². The molecule has 1 aliphatic heterocycles. The van der Waals surface area contributed by atoms with Gasteiger partial charge in [-0.2, -0.15) is 0 Å². The maximum absolute atomic E-state index is 5.94. The number of nitrogens with zero attached hydrogens (tertiary/aromatic N) is 1. The number of hydrogen-bond acceptors (Lipinski definition) is 2. The zero-order chi connectivity index (χ0) is 13.0. The zero-order valence-electron chi connectivity index (χ0n) is 11.0. The van der Waals surface area contributed by atoms with E-state index in [1.54, 1.807) is 0 Å². The van der Waals surface area contributed by atoms with Crippen LogP contribution in [0.15, 0.2) is 29.3 Å². The summed E-state index contributed by atoms with van der Waals surface area (Å²) in [6, 6.07) is 9.18. The van der Waals surface area contributed by atoms with E-state index in [0.717, 1.165) is 5.04 Å². The van der Waals surface area contributed by atoms with Crippen molar-refractivity contribution in [1.82, 2.24) is 0 Å². The van der Waals surface area contributed by atoms with Crippen LogP contribution >= 0.6 is 23.4 Å². The minimum absolute atomic E-state index is 0.335. The molecule has 1 heterocycles. The third kappa shape index (κ3) is 3.30. The topological polar surface area (TPSA) is 12.4 Å². The van der Waals surface area contributed by atoms with Crippen molar-refractivity contribution in [2.45, 2.75) is 44.4 Å². The zero-order valence-corrected chi connectivity index (χ0v) is 12.6. The summed E-state index contributed by atoms with van der Waals surface area (Å²) in [5, 5.41) is 1.58. The summed E-state index contributed by atoms with van der Waals surface area (Å²) in [6.45, 7) is 4.37. The van der Waals surface area contributed by atoms with E-state index in [4.69, 9.17) is 16.6 Å². The van der Waals surface area contributed by atoms with Crippen molar-refractivity contribution in [3.8, 4) is 0 Å². The normalized spacial score (nSPS) is 23.2. The van der Waals surface area contributed by atoms with Crippen molar-refractivity contribution in [2.24, 2.45) is 4.99 Å². The Balaban J connectivity index is 2.04. The molecular formula is C15H20ClNS. The van der Waals surface area contributed by atoms with Crippen LogP contribution in [0.25, 0.3) is 0 Å². The standard InChI is InChI=1S/C15H20ClNS/c1-3-4-5-12-6-8-13(9-7-12)15-17-11(2)14(10-16)18-15/h6-9,11,14H,3-5,10H2,1-2H3. The predicted molar refractivity (Wildman–Crippen MR) is 83.2 cm³/mol. The van der Waals surface area contributed by atoms with Crippen molar-refractivity contribution in [3.05, 3.63) is 35.4 Å². The molecule has 0 saturated carbocycles. The van der Waals surface area contributed by atoms with Crippen molar-refractivity contribution >= 4 is 28.4 Å². The number of rotatable bonds is 5. The van der Waals surface area contributed by atoms with E-state index in [1.165, 1.54) is 30.4 Å². The molecule has 98 valence electrons. The van der Waals surface area contributed by atoms with Crippen LogP contribution < -0.4 is 0 Å². The third-order valence-corrected chi connectivity index (χ3v) is 5.24. The van der Waals surface area contributed by atoms with Crippen molar-refractivity contribution < 1.29 is 0 Å². The molecule has 1 aliphatic rings. The Bertz CT molecular complexity index is 413. The number of aryl methyl sites for hydroxylation is 1. The first-order chi connectivity index (χ1) is 8.74. The second-order valence-electron chi connectivity index (χ2n) is 4.79. The molecule has 0 aliphatic carbocycles. The monoisotopic (exact) mass is 281 g/mol. The average molecular weight is 282 g/mol. The Kier molecular flexibility index (Phi) is 5.13. The molecule has 1 aromatic carbocycles. The molecular weight excluding hydrogens is 262 g/mol. The van der Waals surface area contributed by atoms with Gasteiger partial charge in [0.05, 0.1) is 11.1 Å². The van der Waals surface area contributed by atoms with Gasteiger partial charge in [0.1, 0.15) is 0 Å². The van der Waals surface area contributed by atoms with Gasteiger partial charge in [-0.1, -0.05) is 49.4 Å². The van der Waals surface area contributed by atoms with Gasteiger partial charge >= 0.3 is 0 Å². The molecule has 2 rings (SSSR count). The number of halogens is 1. The van der Waals surface area contributed by atoms with E-state index in [-0.39, 0.29) is 0 Å². The van der Waals surface area contributed by atoms with Gasteiger partial charge in [-0.3, -0.25) is 4.99 Å². The Morgan fingerprint density at radius 1 is 1.28 bits per heavy atom. The van der Waals surface area contributed by atoms with E-state index in [9.17, 15) is 0 Å². The molecule has 0 amide bonds. The molecule has 0 saturated heterocycles. The number of alkyl halides is 1. The highest BCUT2D eigenvalue weighted by atomic mass is 35.5. The molecule has 0 bridgehead atoms. The second kappa shape index (κ2) is 6.63. The second-order valence-corrected chi connectivity index (χ2v) is 6.32. The SMILES string of the molecule is CCCCc1ccc(C2=NC(C)C(CCl)S2)cc1. The van der Waals surface area contributed by atoms with Crippen molar-refractivity contribution in [1.29, 1.82) is 0 Å². The predicted octanol–water partition coefficient (Wildman–Crippen LogP) is 4.52. The van der Waals surface area contributed by atoms with Crippen LogP contribution in [-0.4, -0.2) is 22.2 Å². The van der Waals surface area contributed by atoms with E-state index in [2.05, 4.69) is 38.1 Å². The fourth-order valence-corrected chi connectivity index (χ4v) is 3.59. The first-order valence-corrected chi connectivity index (χ1v) is 8.05. The van der Waals surface area contributed by atoms with Gasteiger partial charge in [-0.05, 0) is 25.3 Å². The maximum atomic E-state index is 5.94. The lowest BCUT2D eigenvalue weighted by Crippen LogP contribution is -2.14. The van der Waals surface area contributed by atoms with Gasteiger partial charge in [0.15, 0.2) is 0 Å².